The fourth-order valence-corrected chi connectivity index (χ4v) is 2.29. The maximum absolute atomic E-state index is 12.5. The Morgan fingerprint density at radius 3 is 2.68 bits per heavy atom. The molecule has 1 aromatic carbocycles. The molecule has 0 aliphatic carbocycles. The summed E-state index contributed by atoms with van der Waals surface area (Å²) in [5.74, 6) is 0.0666. The smallest absolute Gasteiger partial charge is 0.254 e. The van der Waals surface area contributed by atoms with Gasteiger partial charge in [0.25, 0.3) is 5.91 Å². The van der Waals surface area contributed by atoms with Gasteiger partial charge >= 0.3 is 0 Å². The standard InChI is InChI=1S/C15H22N2O2/c1-3-12-4-6-13(7-5-12)15(18)17-9-14(8-16)19-10-11(17)2/h4-7,11,14H,3,8-10,16H2,1-2H3. The number of nitrogens with two attached hydrogens (primary N) is 1. The van der Waals surface area contributed by atoms with Crippen molar-refractivity contribution in [1.29, 1.82) is 0 Å². The number of rotatable bonds is 3. The van der Waals surface area contributed by atoms with Crippen LogP contribution in [-0.2, 0) is 11.2 Å². The molecule has 4 nitrogen and oxygen atoms in total. The van der Waals surface area contributed by atoms with E-state index in [-0.39, 0.29) is 18.1 Å². The fourth-order valence-electron chi connectivity index (χ4n) is 2.29. The van der Waals surface area contributed by atoms with Crippen molar-refractivity contribution >= 4 is 5.91 Å². The van der Waals surface area contributed by atoms with Crippen LogP contribution in [0.1, 0.15) is 29.8 Å². The third-order valence-electron chi connectivity index (χ3n) is 3.64. The van der Waals surface area contributed by atoms with Gasteiger partial charge in [0.15, 0.2) is 0 Å². The van der Waals surface area contributed by atoms with E-state index in [0.717, 1.165) is 12.0 Å². The minimum absolute atomic E-state index is 0.0462. The van der Waals surface area contributed by atoms with Gasteiger partial charge in [0.05, 0.1) is 18.8 Å². The Morgan fingerprint density at radius 2 is 2.11 bits per heavy atom. The van der Waals surface area contributed by atoms with Crippen molar-refractivity contribution in [3.63, 3.8) is 0 Å². The van der Waals surface area contributed by atoms with Crippen LogP contribution in [0.2, 0.25) is 0 Å². The summed E-state index contributed by atoms with van der Waals surface area (Å²) in [7, 11) is 0. The van der Waals surface area contributed by atoms with Crippen LogP contribution in [0.5, 0.6) is 0 Å². The van der Waals surface area contributed by atoms with Gasteiger partial charge in [-0.05, 0) is 31.0 Å². The SMILES string of the molecule is CCc1ccc(C(=O)N2CC(CN)OCC2C)cc1. The van der Waals surface area contributed by atoms with E-state index in [4.69, 9.17) is 10.5 Å². The van der Waals surface area contributed by atoms with Crippen molar-refractivity contribution in [2.45, 2.75) is 32.4 Å². The molecule has 1 saturated heterocycles. The molecule has 1 aliphatic rings. The van der Waals surface area contributed by atoms with Gasteiger partial charge in [-0.1, -0.05) is 19.1 Å². The predicted octanol–water partition coefficient (Wildman–Crippen LogP) is 1.44. The number of aryl methyl sites for hydroxylation is 1. The third kappa shape index (κ3) is 3.14. The number of carbonyl (C=O) groups excluding carboxylic acids is 1. The first-order valence-corrected chi connectivity index (χ1v) is 6.87. The summed E-state index contributed by atoms with van der Waals surface area (Å²) in [5.41, 5.74) is 7.60. The van der Waals surface area contributed by atoms with Crippen molar-refractivity contribution in [3.8, 4) is 0 Å². The van der Waals surface area contributed by atoms with Crippen molar-refractivity contribution in [2.75, 3.05) is 19.7 Å². The van der Waals surface area contributed by atoms with E-state index in [1.165, 1.54) is 5.56 Å². The molecule has 4 heteroatoms. The van der Waals surface area contributed by atoms with Gasteiger partial charge in [-0.2, -0.15) is 0 Å². The second-order valence-electron chi connectivity index (χ2n) is 5.05. The Balaban J connectivity index is 2.12. The van der Waals surface area contributed by atoms with Crippen LogP contribution >= 0.6 is 0 Å². The lowest BCUT2D eigenvalue weighted by Gasteiger charge is -2.37. The lowest BCUT2D eigenvalue weighted by atomic mass is 10.1. The van der Waals surface area contributed by atoms with E-state index in [9.17, 15) is 4.79 Å². The Labute approximate surface area is 114 Å². The first-order chi connectivity index (χ1) is 9.15. The van der Waals surface area contributed by atoms with Gasteiger partial charge in [-0.15, -0.1) is 0 Å². The molecule has 0 spiro atoms. The molecule has 0 aromatic heterocycles. The molecule has 0 saturated carbocycles. The molecule has 1 heterocycles. The van der Waals surface area contributed by atoms with Gasteiger partial charge in [0.2, 0.25) is 0 Å². The summed E-state index contributed by atoms with van der Waals surface area (Å²) in [4.78, 5) is 14.4. The second kappa shape index (κ2) is 6.17. The zero-order valence-corrected chi connectivity index (χ0v) is 11.6. The Kier molecular flexibility index (Phi) is 4.56. The van der Waals surface area contributed by atoms with Gasteiger partial charge < -0.3 is 15.4 Å². The highest BCUT2D eigenvalue weighted by Gasteiger charge is 2.29. The Bertz CT molecular complexity index is 430. The van der Waals surface area contributed by atoms with Crippen molar-refractivity contribution < 1.29 is 9.53 Å². The summed E-state index contributed by atoms with van der Waals surface area (Å²) < 4.78 is 5.57. The summed E-state index contributed by atoms with van der Waals surface area (Å²) in [6, 6.07) is 7.93. The maximum atomic E-state index is 12.5. The summed E-state index contributed by atoms with van der Waals surface area (Å²) in [6.45, 7) is 5.69. The first-order valence-electron chi connectivity index (χ1n) is 6.87. The third-order valence-corrected chi connectivity index (χ3v) is 3.64. The molecule has 2 atom stereocenters. The number of nitrogens with zero attached hydrogens (tertiary/aromatic N) is 1. The number of hydrogen-bond donors (Lipinski definition) is 1. The summed E-state index contributed by atoms with van der Waals surface area (Å²) in [6.07, 6.45) is 0.938. The second-order valence-corrected chi connectivity index (χ2v) is 5.05. The number of carbonyl (C=O) groups is 1. The zero-order chi connectivity index (χ0) is 13.8. The molecule has 1 fully saturated rings. The maximum Gasteiger partial charge on any atom is 0.254 e. The number of ether oxygens (including phenoxy) is 1. The zero-order valence-electron chi connectivity index (χ0n) is 11.6. The Morgan fingerprint density at radius 1 is 1.42 bits per heavy atom. The van der Waals surface area contributed by atoms with E-state index in [1.54, 1.807) is 0 Å². The molecule has 2 unspecified atom stereocenters. The average molecular weight is 262 g/mol. The van der Waals surface area contributed by atoms with Crippen molar-refractivity contribution in [3.05, 3.63) is 35.4 Å². The van der Waals surface area contributed by atoms with Crippen LogP contribution < -0.4 is 5.73 Å². The van der Waals surface area contributed by atoms with Crippen LogP contribution in [0, 0.1) is 0 Å². The normalized spacial score (nSPS) is 23.4. The molecule has 2 rings (SSSR count). The highest BCUT2D eigenvalue weighted by molar-refractivity contribution is 5.94. The summed E-state index contributed by atoms with van der Waals surface area (Å²) in [5, 5.41) is 0. The van der Waals surface area contributed by atoms with Gasteiger partial charge in [-0.3, -0.25) is 4.79 Å². The molecule has 1 aliphatic heterocycles. The van der Waals surface area contributed by atoms with Gasteiger partial charge in [0, 0.05) is 18.7 Å². The molecule has 0 radical (unpaired) electrons. The molecule has 104 valence electrons. The number of amides is 1. The highest BCUT2D eigenvalue weighted by Crippen LogP contribution is 2.16. The van der Waals surface area contributed by atoms with E-state index in [1.807, 2.05) is 36.1 Å². The van der Waals surface area contributed by atoms with Gasteiger partial charge in [0.1, 0.15) is 0 Å². The lowest BCUT2D eigenvalue weighted by molar-refractivity contribution is -0.0426. The van der Waals surface area contributed by atoms with E-state index < -0.39 is 0 Å². The Hall–Kier alpha value is -1.39. The number of morpholine rings is 1. The quantitative estimate of drug-likeness (QED) is 0.896. The molecule has 1 amide bonds. The largest absolute Gasteiger partial charge is 0.373 e. The van der Waals surface area contributed by atoms with E-state index >= 15 is 0 Å². The summed E-state index contributed by atoms with van der Waals surface area (Å²) >= 11 is 0. The minimum atomic E-state index is -0.0462. The molecule has 2 N–H and O–H groups in total. The molecule has 0 bridgehead atoms. The van der Waals surface area contributed by atoms with E-state index in [2.05, 4.69) is 6.92 Å². The predicted molar refractivity (Wildman–Crippen MR) is 75.1 cm³/mol. The fraction of sp³-hybridized carbons (Fsp3) is 0.533. The number of hydrogen-bond acceptors (Lipinski definition) is 3. The van der Waals surface area contributed by atoms with E-state index in [0.29, 0.717) is 19.7 Å². The lowest BCUT2D eigenvalue weighted by Crippen LogP contribution is -2.52. The van der Waals surface area contributed by atoms with Gasteiger partial charge in [-0.25, -0.2) is 0 Å². The molecule has 1 aromatic rings. The van der Waals surface area contributed by atoms with Crippen molar-refractivity contribution in [2.24, 2.45) is 5.73 Å². The highest BCUT2D eigenvalue weighted by atomic mass is 16.5. The minimum Gasteiger partial charge on any atom is -0.373 e. The van der Waals surface area contributed by atoms with Crippen LogP contribution in [0.15, 0.2) is 24.3 Å². The molecular weight excluding hydrogens is 240 g/mol. The first kappa shape index (κ1) is 14.0. The van der Waals surface area contributed by atoms with Crippen LogP contribution in [0.25, 0.3) is 0 Å². The average Bonchev–Trinajstić information content (AvgIpc) is 2.47. The topological polar surface area (TPSA) is 55.6 Å². The molecular formula is C15H22N2O2. The van der Waals surface area contributed by atoms with Crippen LogP contribution in [0.3, 0.4) is 0 Å². The van der Waals surface area contributed by atoms with Crippen LogP contribution in [0.4, 0.5) is 0 Å². The number of benzene rings is 1. The van der Waals surface area contributed by atoms with Crippen molar-refractivity contribution in [1.82, 2.24) is 4.90 Å². The monoisotopic (exact) mass is 262 g/mol. The molecule has 19 heavy (non-hydrogen) atoms. The van der Waals surface area contributed by atoms with Crippen LogP contribution in [-0.4, -0.2) is 42.6 Å².